The van der Waals surface area contributed by atoms with Crippen molar-refractivity contribution in [3.63, 3.8) is 0 Å². The third-order valence-electron chi connectivity index (χ3n) is 4.79. The molecule has 3 nitrogen and oxygen atoms in total. The van der Waals surface area contributed by atoms with Crippen molar-refractivity contribution in [3.05, 3.63) is 48.3 Å². The highest BCUT2D eigenvalue weighted by atomic mass is 15.3. The Morgan fingerprint density at radius 3 is 2.71 bits per heavy atom. The van der Waals surface area contributed by atoms with Gasteiger partial charge in [0.15, 0.2) is 0 Å². The van der Waals surface area contributed by atoms with E-state index in [1.165, 1.54) is 24.8 Å². The minimum absolute atomic E-state index is 0.602. The molecule has 3 heteroatoms. The van der Waals surface area contributed by atoms with E-state index >= 15 is 0 Å². The van der Waals surface area contributed by atoms with Crippen LogP contribution in [0.25, 0.3) is 0 Å². The van der Waals surface area contributed by atoms with Crippen LogP contribution in [0.15, 0.2) is 42.7 Å². The van der Waals surface area contributed by atoms with E-state index in [4.69, 9.17) is 0 Å². The molecule has 112 valence electrons. The Bertz CT molecular complexity index is 561. The van der Waals surface area contributed by atoms with E-state index in [0.717, 1.165) is 24.1 Å². The Hall–Kier alpha value is -1.77. The van der Waals surface area contributed by atoms with Crippen LogP contribution in [0.5, 0.6) is 0 Å². The van der Waals surface area contributed by atoms with Gasteiger partial charge in [-0.05, 0) is 36.7 Å². The van der Waals surface area contributed by atoms with Crippen molar-refractivity contribution in [2.75, 3.05) is 5.32 Å². The Labute approximate surface area is 127 Å². The zero-order chi connectivity index (χ0) is 14.7. The van der Waals surface area contributed by atoms with Crippen molar-refractivity contribution < 1.29 is 0 Å². The topological polar surface area (TPSA) is 29.9 Å². The lowest BCUT2D eigenvalue weighted by molar-refractivity contribution is 0.261. The molecule has 1 aromatic heterocycles. The van der Waals surface area contributed by atoms with Crippen molar-refractivity contribution >= 4 is 5.69 Å². The van der Waals surface area contributed by atoms with Gasteiger partial charge >= 0.3 is 0 Å². The molecule has 21 heavy (non-hydrogen) atoms. The summed E-state index contributed by atoms with van der Waals surface area (Å²) in [6.07, 6.45) is 7.94. The van der Waals surface area contributed by atoms with Crippen LogP contribution in [-0.4, -0.2) is 15.8 Å². The van der Waals surface area contributed by atoms with E-state index in [1.54, 1.807) is 0 Å². The Morgan fingerprint density at radius 1 is 1.14 bits per heavy atom. The highest BCUT2D eigenvalue weighted by Gasteiger charge is 2.24. The number of rotatable bonds is 4. The molecule has 1 aliphatic rings. The number of benzene rings is 1. The van der Waals surface area contributed by atoms with Gasteiger partial charge in [0, 0.05) is 12.2 Å². The maximum Gasteiger partial charge on any atom is 0.0728 e. The largest absolute Gasteiger partial charge is 0.380 e. The van der Waals surface area contributed by atoms with Gasteiger partial charge in [0.05, 0.1) is 18.4 Å². The predicted molar refractivity (Wildman–Crippen MR) is 87.4 cm³/mol. The van der Waals surface area contributed by atoms with Gasteiger partial charge in [-0.2, -0.15) is 5.10 Å². The molecule has 2 aromatic rings. The van der Waals surface area contributed by atoms with Gasteiger partial charge in [-0.1, -0.05) is 44.2 Å². The van der Waals surface area contributed by atoms with Gasteiger partial charge in [0.25, 0.3) is 0 Å². The molecule has 0 saturated heterocycles. The lowest BCUT2D eigenvalue weighted by Crippen LogP contribution is -2.30. The molecule has 3 atom stereocenters. The van der Waals surface area contributed by atoms with Gasteiger partial charge in [-0.15, -0.1) is 0 Å². The van der Waals surface area contributed by atoms with Crippen LogP contribution in [0.4, 0.5) is 5.69 Å². The molecule has 0 amide bonds. The maximum absolute atomic E-state index is 4.47. The summed E-state index contributed by atoms with van der Waals surface area (Å²) in [7, 11) is 0. The third kappa shape index (κ3) is 3.66. The first-order chi connectivity index (χ1) is 10.2. The van der Waals surface area contributed by atoms with E-state index in [-0.39, 0.29) is 0 Å². The Morgan fingerprint density at radius 2 is 1.95 bits per heavy atom. The third-order valence-corrected chi connectivity index (χ3v) is 4.79. The fourth-order valence-corrected chi connectivity index (χ4v) is 3.21. The zero-order valence-corrected chi connectivity index (χ0v) is 13.0. The number of nitrogens with zero attached hydrogens (tertiary/aromatic N) is 2. The lowest BCUT2D eigenvalue weighted by Gasteiger charge is -2.32. The van der Waals surface area contributed by atoms with E-state index in [2.05, 4.69) is 54.7 Å². The Balaban J connectivity index is 1.58. The first-order valence-corrected chi connectivity index (χ1v) is 8.03. The van der Waals surface area contributed by atoms with Crippen LogP contribution in [0.2, 0.25) is 0 Å². The average molecular weight is 283 g/mol. The molecule has 3 rings (SSSR count). The summed E-state index contributed by atoms with van der Waals surface area (Å²) >= 11 is 0. The minimum atomic E-state index is 0.602. The second-order valence-corrected chi connectivity index (χ2v) is 6.52. The number of nitrogens with one attached hydrogen (secondary N) is 1. The molecule has 0 bridgehead atoms. The number of aromatic nitrogens is 2. The molecule has 1 heterocycles. The van der Waals surface area contributed by atoms with Crippen molar-refractivity contribution in [2.24, 2.45) is 11.8 Å². The second-order valence-electron chi connectivity index (χ2n) is 6.52. The molecule has 0 radical (unpaired) electrons. The molecule has 3 unspecified atom stereocenters. The van der Waals surface area contributed by atoms with Crippen LogP contribution in [0.3, 0.4) is 0 Å². The SMILES string of the molecule is CC1CCC(Nc2cnn(Cc3ccccc3)c2)CC1C. The molecule has 0 spiro atoms. The molecule has 1 aliphatic carbocycles. The monoisotopic (exact) mass is 283 g/mol. The van der Waals surface area contributed by atoms with Gasteiger partial charge in [-0.25, -0.2) is 0 Å². The maximum atomic E-state index is 4.47. The van der Waals surface area contributed by atoms with Crippen LogP contribution in [-0.2, 0) is 6.54 Å². The first-order valence-electron chi connectivity index (χ1n) is 8.03. The van der Waals surface area contributed by atoms with Crippen molar-refractivity contribution in [1.82, 2.24) is 9.78 Å². The molecule has 1 fully saturated rings. The quantitative estimate of drug-likeness (QED) is 0.912. The number of anilines is 1. The summed E-state index contributed by atoms with van der Waals surface area (Å²) in [5.41, 5.74) is 2.44. The van der Waals surface area contributed by atoms with E-state index in [0.29, 0.717) is 6.04 Å². The standard InChI is InChI=1S/C18H25N3/c1-14-8-9-17(10-15(14)2)20-18-11-19-21(13-18)12-16-6-4-3-5-7-16/h3-7,11,13-15,17,20H,8-10,12H2,1-2H3. The van der Waals surface area contributed by atoms with E-state index < -0.39 is 0 Å². The number of hydrogen-bond acceptors (Lipinski definition) is 2. The summed E-state index contributed by atoms with van der Waals surface area (Å²) < 4.78 is 2.01. The molecule has 0 aliphatic heterocycles. The molecule has 1 saturated carbocycles. The first kappa shape index (κ1) is 14.2. The van der Waals surface area contributed by atoms with Crippen molar-refractivity contribution in [1.29, 1.82) is 0 Å². The summed E-state index contributed by atoms with van der Waals surface area (Å²) in [6, 6.07) is 11.1. The average Bonchev–Trinajstić information content (AvgIpc) is 2.91. The van der Waals surface area contributed by atoms with Gasteiger partial charge in [0.2, 0.25) is 0 Å². The number of hydrogen-bond donors (Lipinski definition) is 1. The van der Waals surface area contributed by atoms with Gasteiger partial charge in [-0.3, -0.25) is 4.68 Å². The normalized spacial score (nSPS) is 25.7. The van der Waals surface area contributed by atoms with Crippen LogP contribution in [0.1, 0.15) is 38.7 Å². The lowest BCUT2D eigenvalue weighted by atomic mass is 9.79. The molecule has 1 aromatic carbocycles. The summed E-state index contributed by atoms with van der Waals surface area (Å²) in [4.78, 5) is 0. The fourth-order valence-electron chi connectivity index (χ4n) is 3.21. The smallest absolute Gasteiger partial charge is 0.0728 e. The predicted octanol–water partition coefficient (Wildman–Crippen LogP) is 4.17. The van der Waals surface area contributed by atoms with Crippen LogP contribution in [0, 0.1) is 11.8 Å². The summed E-state index contributed by atoms with van der Waals surface area (Å²) in [6.45, 7) is 5.58. The fraction of sp³-hybridized carbons (Fsp3) is 0.500. The zero-order valence-electron chi connectivity index (χ0n) is 13.0. The molecule has 1 N–H and O–H groups in total. The van der Waals surface area contributed by atoms with Crippen LogP contribution < -0.4 is 5.32 Å². The van der Waals surface area contributed by atoms with Crippen molar-refractivity contribution in [2.45, 2.75) is 45.7 Å². The second kappa shape index (κ2) is 6.33. The van der Waals surface area contributed by atoms with E-state index in [1.807, 2.05) is 16.9 Å². The summed E-state index contributed by atoms with van der Waals surface area (Å²) in [5.74, 6) is 1.68. The van der Waals surface area contributed by atoms with Gasteiger partial charge in [0.1, 0.15) is 0 Å². The molecular formula is C18H25N3. The minimum Gasteiger partial charge on any atom is -0.380 e. The van der Waals surface area contributed by atoms with Crippen LogP contribution >= 0.6 is 0 Å². The Kier molecular flexibility index (Phi) is 4.28. The van der Waals surface area contributed by atoms with E-state index in [9.17, 15) is 0 Å². The van der Waals surface area contributed by atoms with Crippen molar-refractivity contribution in [3.8, 4) is 0 Å². The van der Waals surface area contributed by atoms with Gasteiger partial charge < -0.3 is 5.32 Å². The molecular weight excluding hydrogens is 258 g/mol. The highest BCUT2D eigenvalue weighted by molar-refractivity contribution is 5.39. The highest BCUT2D eigenvalue weighted by Crippen LogP contribution is 2.30. The summed E-state index contributed by atoms with van der Waals surface area (Å²) in [5, 5.41) is 8.12.